The van der Waals surface area contributed by atoms with Crippen LogP contribution < -0.4 is 10.4 Å². The highest BCUT2D eigenvalue weighted by Gasteiger charge is 2.08. The number of nitrogens with zero attached hydrogens (tertiary/aromatic N) is 3. The van der Waals surface area contributed by atoms with Gasteiger partial charge in [0.25, 0.3) is 5.56 Å². The molecule has 1 amide bonds. The summed E-state index contributed by atoms with van der Waals surface area (Å²) in [4.78, 5) is 32.9. The van der Waals surface area contributed by atoms with Crippen LogP contribution >= 0.6 is 23.6 Å². The lowest BCUT2D eigenvalue weighted by atomic mass is 10.2. The first kappa shape index (κ1) is 17.6. The van der Waals surface area contributed by atoms with Gasteiger partial charge in [0.1, 0.15) is 0 Å². The summed E-state index contributed by atoms with van der Waals surface area (Å²) in [7, 11) is 1.88. The number of H-pyrrole nitrogens is 1. The number of hydrogen-bond acceptors (Lipinski definition) is 4. The molecule has 6 nitrogen and oxygen atoms in total. The molecule has 2 aromatic carbocycles. The van der Waals surface area contributed by atoms with Crippen LogP contribution in [0.3, 0.4) is 0 Å². The molecule has 8 heteroatoms. The number of rotatable bonds is 3. The third-order valence-corrected chi connectivity index (χ3v) is 5.81. The molecule has 0 unspecified atom stereocenters. The first-order chi connectivity index (χ1) is 13.0. The van der Waals surface area contributed by atoms with Gasteiger partial charge in [0, 0.05) is 20.0 Å². The van der Waals surface area contributed by atoms with Gasteiger partial charge in [0.15, 0.2) is 9.57 Å². The summed E-state index contributed by atoms with van der Waals surface area (Å²) in [6.07, 6.45) is 0.101. The van der Waals surface area contributed by atoms with E-state index in [-0.39, 0.29) is 24.4 Å². The zero-order chi connectivity index (χ0) is 19.0. The number of thiazole rings is 1. The number of carbonyl (C=O) groups excluding carboxylic acids is 1. The van der Waals surface area contributed by atoms with E-state index < -0.39 is 0 Å². The van der Waals surface area contributed by atoms with Crippen LogP contribution in [0.4, 0.5) is 0 Å². The van der Waals surface area contributed by atoms with E-state index in [2.05, 4.69) is 9.98 Å². The fourth-order valence-corrected chi connectivity index (χ4v) is 4.28. The standard InChI is InChI=1S/C19H16N4O2S2/c1-22-14-8-4-5-9-15(14)27-19(22)21-16(24)10-11-23-17(25)12-6-2-3-7-13(12)20-18(23)26/h2-9H,10-11H2,1H3,(H,20,26). The Kier molecular flexibility index (Phi) is 4.59. The van der Waals surface area contributed by atoms with Crippen molar-refractivity contribution in [2.24, 2.45) is 12.0 Å². The summed E-state index contributed by atoms with van der Waals surface area (Å²) in [5.41, 5.74) is 1.52. The number of aryl methyl sites for hydroxylation is 1. The molecular weight excluding hydrogens is 380 g/mol. The van der Waals surface area contributed by atoms with E-state index in [0.717, 1.165) is 10.2 Å². The number of aromatic amines is 1. The number of carbonyl (C=O) groups is 1. The van der Waals surface area contributed by atoms with Crippen molar-refractivity contribution in [3.8, 4) is 0 Å². The van der Waals surface area contributed by atoms with Crippen molar-refractivity contribution in [2.45, 2.75) is 13.0 Å². The number of para-hydroxylation sites is 2. The van der Waals surface area contributed by atoms with Gasteiger partial charge >= 0.3 is 0 Å². The molecule has 4 rings (SSSR count). The van der Waals surface area contributed by atoms with Gasteiger partial charge in [-0.15, -0.1) is 0 Å². The van der Waals surface area contributed by atoms with Gasteiger partial charge < -0.3 is 9.55 Å². The van der Waals surface area contributed by atoms with Gasteiger partial charge in [0.05, 0.1) is 21.1 Å². The van der Waals surface area contributed by atoms with Crippen LogP contribution in [0.25, 0.3) is 21.1 Å². The lowest BCUT2D eigenvalue weighted by Gasteiger charge is -2.06. The van der Waals surface area contributed by atoms with E-state index in [4.69, 9.17) is 12.2 Å². The zero-order valence-electron chi connectivity index (χ0n) is 14.5. The van der Waals surface area contributed by atoms with Crippen molar-refractivity contribution >= 4 is 50.6 Å². The number of aromatic nitrogens is 3. The molecule has 0 radical (unpaired) electrons. The fraction of sp³-hybridized carbons (Fsp3) is 0.158. The molecule has 0 saturated carbocycles. The topological polar surface area (TPSA) is 72.2 Å². The van der Waals surface area contributed by atoms with Gasteiger partial charge in [-0.25, -0.2) is 0 Å². The summed E-state index contributed by atoms with van der Waals surface area (Å²) < 4.78 is 4.68. The molecule has 2 aromatic heterocycles. The minimum absolute atomic E-state index is 0.101. The van der Waals surface area contributed by atoms with E-state index in [9.17, 15) is 9.59 Å². The summed E-state index contributed by atoms with van der Waals surface area (Å²) >= 11 is 6.74. The van der Waals surface area contributed by atoms with E-state index in [1.165, 1.54) is 15.9 Å². The predicted octanol–water partition coefficient (Wildman–Crippen LogP) is 3.13. The Bertz CT molecular complexity index is 1360. The second kappa shape index (κ2) is 7.05. The summed E-state index contributed by atoms with van der Waals surface area (Å²) in [6.45, 7) is 0.190. The third kappa shape index (κ3) is 3.29. The van der Waals surface area contributed by atoms with Crippen molar-refractivity contribution in [1.29, 1.82) is 0 Å². The minimum Gasteiger partial charge on any atom is -0.332 e. The molecule has 2 heterocycles. The maximum Gasteiger partial charge on any atom is 0.262 e. The number of benzene rings is 2. The Morgan fingerprint density at radius 3 is 2.74 bits per heavy atom. The summed E-state index contributed by atoms with van der Waals surface area (Å²) in [5, 5.41) is 0.548. The predicted molar refractivity (Wildman–Crippen MR) is 109 cm³/mol. The molecule has 27 heavy (non-hydrogen) atoms. The van der Waals surface area contributed by atoms with Gasteiger partial charge in [-0.05, 0) is 36.5 Å². The van der Waals surface area contributed by atoms with Crippen molar-refractivity contribution in [1.82, 2.24) is 14.1 Å². The highest BCUT2D eigenvalue weighted by atomic mass is 32.1. The van der Waals surface area contributed by atoms with Crippen molar-refractivity contribution < 1.29 is 4.79 Å². The molecule has 4 aromatic rings. The molecule has 1 N–H and O–H groups in total. The van der Waals surface area contributed by atoms with Crippen LogP contribution in [-0.4, -0.2) is 20.0 Å². The molecule has 0 aliphatic carbocycles. The molecule has 0 spiro atoms. The lowest BCUT2D eigenvalue weighted by molar-refractivity contribution is -0.118. The SMILES string of the molecule is Cn1c(=NC(=O)CCn2c(=S)[nH]c3ccccc3c2=O)sc2ccccc21. The molecule has 0 saturated heterocycles. The zero-order valence-corrected chi connectivity index (χ0v) is 16.1. The van der Waals surface area contributed by atoms with Crippen LogP contribution in [0, 0.1) is 4.77 Å². The summed E-state index contributed by atoms with van der Waals surface area (Å²) in [5.74, 6) is -0.286. The molecule has 0 atom stereocenters. The maximum atomic E-state index is 12.6. The molecular formula is C19H16N4O2S2. The number of amides is 1. The van der Waals surface area contributed by atoms with Gasteiger partial charge in [0.2, 0.25) is 5.91 Å². The quantitative estimate of drug-likeness (QED) is 0.541. The average molecular weight is 396 g/mol. The number of nitrogens with one attached hydrogen (secondary N) is 1. The molecule has 0 aliphatic heterocycles. The maximum absolute atomic E-state index is 12.6. The second-order valence-corrected chi connectivity index (χ2v) is 7.50. The van der Waals surface area contributed by atoms with Crippen LogP contribution in [0.15, 0.2) is 58.3 Å². The molecule has 0 bridgehead atoms. The molecule has 0 fully saturated rings. The van der Waals surface area contributed by atoms with Gasteiger partial charge in [-0.1, -0.05) is 35.6 Å². The highest BCUT2D eigenvalue weighted by Crippen LogP contribution is 2.15. The first-order valence-electron chi connectivity index (χ1n) is 8.38. The number of hydrogen-bond donors (Lipinski definition) is 1. The Balaban J connectivity index is 1.63. The second-order valence-electron chi connectivity index (χ2n) is 6.10. The van der Waals surface area contributed by atoms with Crippen molar-refractivity contribution in [3.05, 3.63) is 68.5 Å². The Morgan fingerprint density at radius 1 is 1.19 bits per heavy atom. The van der Waals surface area contributed by atoms with Crippen LogP contribution in [-0.2, 0) is 18.4 Å². The van der Waals surface area contributed by atoms with Gasteiger partial charge in [-0.2, -0.15) is 4.99 Å². The van der Waals surface area contributed by atoms with Crippen LogP contribution in [0.2, 0.25) is 0 Å². The molecule has 136 valence electrons. The number of fused-ring (bicyclic) bond motifs is 2. The monoisotopic (exact) mass is 396 g/mol. The van der Waals surface area contributed by atoms with Crippen molar-refractivity contribution in [2.75, 3.05) is 0 Å². The Hall–Kier alpha value is -2.84. The summed E-state index contributed by atoms with van der Waals surface area (Å²) in [6, 6.07) is 15.1. The highest BCUT2D eigenvalue weighted by molar-refractivity contribution is 7.71. The molecule has 0 aliphatic rings. The largest absolute Gasteiger partial charge is 0.332 e. The van der Waals surface area contributed by atoms with E-state index in [1.807, 2.05) is 41.9 Å². The Labute approximate surface area is 163 Å². The van der Waals surface area contributed by atoms with Crippen LogP contribution in [0.1, 0.15) is 6.42 Å². The third-order valence-electron chi connectivity index (χ3n) is 4.37. The van der Waals surface area contributed by atoms with E-state index >= 15 is 0 Å². The Morgan fingerprint density at radius 2 is 1.93 bits per heavy atom. The van der Waals surface area contributed by atoms with E-state index in [1.54, 1.807) is 18.2 Å². The fourth-order valence-electron chi connectivity index (χ4n) is 2.96. The van der Waals surface area contributed by atoms with Gasteiger partial charge in [-0.3, -0.25) is 14.2 Å². The smallest absolute Gasteiger partial charge is 0.262 e. The minimum atomic E-state index is -0.286. The normalized spacial score (nSPS) is 12.1. The van der Waals surface area contributed by atoms with E-state index in [0.29, 0.717) is 20.5 Å². The van der Waals surface area contributed by atoms with Crippen LogP contribution in [0.5, 0.6) is 0 Å². The lowest BCUT2D eigenvalue weighted by Crippen LogP contribution is -2.23. The average Bonchev–Trinajstić information content (AvgIpc) is 2.97. The first-order valence-corrected chi connectivity index (χ1v) is 9.61. The van der Waals surface area contributed by atoms with Crippen molar-refractivity contribution in [3.63, 3.8) is 0 Å².